The smallest absolute Gasteiger partial charge is 0.307 e. The minimum atomic E-state index is -2.85. The molecular weight excluding hydrogens is 242 g/mol. The molecule has 0 aliphatic rings. The highest BCUT2D eigenvalue weighted by Gasteiger charge is 2.22. The van der Waals surface area contributed by atoms with Crippen LogP contribution in [0.2, 0.25) is 0 Å². The highest BCUT2D eigenvalue weighted by Crippen LogP contribution is 2.30. The van der Waals surface area contributed by atoms with Gasteiger partial charge in [0.25, 0.3) is 6.43 Å². The second-order valence-corrected chi connectivity index (χ2v) is 3.32. The van der Waals surface area contributed by atoms with Crippen molar-refractivity contribution in [2.45, 2.75) is 18.7 Å². The van der Waals surface area contributed by atoms with E-state index in [0.29, 0.717) is 0 Å². The molecule has 0 aliphatic carbocycles. The molecule has 0 aromatic carbocycles. The molecule has 3 N–H and O–H groups in total. The molecule has 16 heavy (non-hydrogen) atoms. The molecule has 1 aromatic heterocycles. The summed E-state index contributed by atoms with van der Waals surface area (Å²) < 4.78 is 25.5. The molecule has 0 saturated carbocycles. The van der Waals surface area contributed by atoms with E-state index in [1.165, 1.54) is 0 Å². The van der Waals surface area contributed by atoms with Gasteiger partial charge < -0.3 is 10.8 Å². The average molecular weight is 251 g/mol. The monoisotopic (exact) mass is 250 g/mol. The summed E-state index contributed by atoms with van der Waals surface area (Å²) in [4.78, 5) is 14.2. The van der Waals surface area contributed by atoms with Crippen molar-refractivity contribution >= 4 is 23.3 Å². The van der Waals surface area contributed by atoms with Crippen LogP contribution in [-0.2, 0) is 17.1 Å². The van der Waals surface area contributed by atoms with Gasteiger partial charge in [0.15, 0.2) is 0 Å². The van der Waals surface area contributed by atoms with Crippen LogP contribution in [0, 0.1) is 0 Å². The lowest BCUT2D eigenvalue weighted by Crippen LogP contribution is -2.11. The van der Waals surface area contributed by atoms with Gasteiger partial charge in [0.1, 0.15) is 0 Å². The molecule has 88 valence electrons. The number of carbonyl (C=O) groups is 1. The van der Waals surface area contributed by atoms with Crippen molar-refractivity contribution in [1.82, 2.24) is 4.98 Å². The maximum absolute atomic E-state index is 12.8. The summed E-state index contributed by atoms with van der Waals surface area (Å²) in [5, 5.41) is 8.61. The second-order valence-electron chi connectivity index (χ2n) is 3.06. The third kappa shape index (κ3) is 2.57. The van der Waals surface area contributed by atoms with E-state index in [0.717, 1.165) is 6.20 Å². The molecule has 0 unspecified atom stereocenters. The average Bonchev–Trinajstić information content (AvgIpc) is 2.19. The zero-order valence-corrected chi connectivity index (χ0v) is 8.84. The Morgan fingerprint density at radius 1 is 1.62 bits per heavy atom. The van der Waals surface area contributed by atoms with Crippen LogP contribution in [-0.4, -0.2) is 16.1 Å². The quantitative estimate of drug-likeness (QED) is 0.801. The van der Waals surface area contributed by atoms with Gasteiger partial charge in [-0.3, -0.25) is 9.78 Å². The van der Waals surface area contributed by atoms with Crippen molar-refractivity contribution in [3.05, 3.63) is 23.0 Å². The lowest BCUT2D eigenvalue weighted by atomic mass is 10.0. The predicted octanol–water partition coefficient (Wildman–Crippen LogP) is 1.97. The zero-order valence-electron chi connectivity index (χ0n) is 8.08. The summed E-state index contributed by atoms with van der Waals surface area (Å²) in [6.07, 6.45) is -2.28. The number of pyridine rings is 1. The van der Waals surface area contributed by atoms with Crippen molar-refractivity contribution < 1.29 is 18.7 Å². The van der Waals surface area contributed by atoms with Crippen molar-refractivity contribution in [3.8, 4) is 0 Å². The molecule has 4 nitrogen and oxygen atoms in total. The van der Waals surface area contributed by atoms with Gasteiger partial charge in [-0.2, -0.15) is 0 Å². The molecule has 0 saturated heterocycles. The number of aliphatic carboxylic acids is 1. The maximum atomic E-state index is 12.8. The van der Waals surface area contributed by atoms with Gasteiger partial charge in [-0.1, -0.05) is 0 Å². The molecule has 1 aromatic rings. The van der Waals surface area contributed by atoms with E-state index in [4.69, 9.17) is 22.4 Å². The van der Waals surface area contributed by atoms with E-state index < -0.39 is 24.4 Å². The number of halogens is 3. The summed E-state index contributed by atoms with van der Waals surface area (Å²) in [5.41, 5.74) is 4.73. The van der Waals surface area contributed by atoms with Gasteiger partial charge in [0.2, 0.25) is 0 Å². The number of nitrogens with zero attached hydrogens (tertiary/aromatic N) is 1. The molecule has 0 amide bonds. The molecule has 0 aliphatic heterocycles. The Morgan fingerprint density at radius 2 is 2.25 bits per heavy atom. The van der Waals surface area contributed by atoms with Crippen LogP contribution in [0.25, 0.3) is 0 Å². The van der Waals surface area contributed by atoms with Gasteiger partial charge in [-0.05, 0) is 5.56 Å². The summed E-state index contributed by atoms with van der Waals surface area (Å²) in [5.74, 6) is -1.45. The Morgan fingerprint density at radius 3 is 2.69 bits per heavy atom. The summed E-state index contributed by atoms with van der Waals surface area (Å²) in [7, 11) is 0. The number of hydrogen-bond acceptors (Lipinski definition) is 3. The lowest BCUT2D eigenvalue weighted by molar-refractivity contribution is -0.136. The number of hydrogen-bond donors (Lipinski definition) is 2. The van der Waals surface area contributed by atoms with Crippen LogP contribution in [0.1, 0.15) is 23.2 Å². The summed E-state index contributed by atoms with van der Waals surface area (Å²) in [6.45, 7) is 0. The van der Waals surface area contributed by atoms with Gasteiger partial charge in [-0.25, -0.2) is 8.78 Å². The van der Waals surface area contributed by atoms with Crippen molar-refractivity contribution in [1.29, 1.82) is 0 Å². The topological polar surface area (TPSA) is 76.2 Å². The number of nitrogen functional groups attached to an aromatic ring is 1. The fourth-order valence-electron chi connectivity index (χ4n) is 1.34. The van der Waals surface area contributed by atoms with E-state index in [2.05, 4.69) is 4.98 Å². The Labute approximate surface area is 95.0 Å². The third-order valence-corrected chi connectivity index (χ3v) is 2.27. The van der Waals surface area contributed by atoms with Crippen molar-refractivity contribution in [3.63, 3.8) is 0 Å². The van der Waals surface area contributed by atoms with E-state index in [9.17, 15) is 13.6 Å². The number of alkyl halides is 3. The van der Waals surface area contributed by atoms with Crippen LogP contribution in [0.15, 0.2) is 6.20 Å². The largest absolute Gasteiger partial charge is 0.481 e. The molecular formula is C9H9ClF2N2O2. The standard InChI is InChI=1S/C9H9ClF2N2O2/c10-2-6-8(9(11)12)4(1-7(15)16)5(13)3-14-6/h3,9H,1-2,13H2,(H,15,16). The van der Waals surface area contributed by atoms with E-state index >= 15 is 0 Å². The minimum absolute atomic E-state index is 0.0397. The van der Waals surface area contributed by atoms with Gasteiger partial charge >= 0.3 is 5.97 Å². The SMILES string of the molecule is Nc1cnc(CCl)c(C(F)F)c1CC(=O)O. The van der Waals surface area contributed by atoms with E-state index in [-0.39, 0.29) is 22.8 Å². The first-order valence-corrected chi connectivity index (χ1v) is 4.82. The first-order valence-electron chi connectivity index (χ1n) is 4.29. The van der Waals surface area contributed by atoms with Crippen LogP contribution in [0.4, 0.5) is 14.5 Å². The Bertz CT molecular complexity index is 413. The summed E-state index contributed by atoms with van der Waals surface area (Å²) in [6, 6.07) is 0. The fraction of sp³-hybridized carbons (Fsp3) is 0.333. The first kappa shape index (κ1) is 12.6. The lowest BCUT2D eigenvalue weighted by Gasteiger charge is -2.12. The number of rotatable bonds is 4. The number of carboxylic acid groups (broad SMARTS) is 1. The van der Waals surface area contributed by atoms with E-state index in [1.54, 1.807) is 0 Å². The minimum Gasteiger partial charge on any atom is -0.481 e. The Balaban J connectivity index is 3.35. The number of carboxylic acids is 1. The Kier molecular flexibility index (Phi) is 4.00. The molecule has 1 rings (SSSR count). The third-order valence-electron chi connectivity index (χ3n) is 2.02. The van der Waals surface area contributed by atoms with Gasteiger partial charge in [0.05, 0.1) is 29.9 Å². The maximum Gasteiger partial charge on any atom is 0.307 e. The van der Waals surface area contributed by atoms with Gasteiger partial charge in [0, 0.05) is 5.56 Å². The van der Waals surface area contributed by atoms with E-state index in [1.807, 2.05) is 0 Å². The predicted molar refractivity (Wildman–Crippen MR) is 54.5 cm³/mol. The van der Waals surface area contributed by atoms with Gasteiger partial charge in [-0.15, -0.1) is 11.6 Å². The number of aromatic nitrogens is 1. The van der Waals surface area contributed by atoms with Crippen molar-refractivity contribution in [2.24, 2.45) is 0 Å². The highest BCUT2D eigenvalue weighted by molar-refractivity contribution is 6.17. The highest BCUT2D eigenvalue weighted by atomic mass is 35.5. The van der Waals surface area contributed by atoms with Crippen molar-refractivity contribution in [2.75, 3.05) is 5.73 Å². The number of nitrogens with two attached hydrogens (primary N) is 1. The molecule has 0 spiro atoms. The zero-order chi connectivity index (χ0) is 12.3. The fourth-order valence-corrected chi connectivity index (χ4v) is 1.55. The summed E-state index contributed by atoms with van der Waals surface area (Å²) >= 11 is 5.45. The molecule has 1 heterocycles. The molecule has 7 heteroatoms. The first-order chi connectivity index (χ1) is 7.47. The van der Waals surface area contributed by atoms with Crippen LogP contribution in [0.3, 0.4) is 0 Å². The molecule has 0 radical (unpaired) electrons. The van der Waals surface area contributed by atoms with Crippen LogP contribution >= 0.6 is 11.6 Å². The normalized spacial score (nSPS) is 10.8. The van der Waals surface area contributed by atoms with Crippen LogP contribution in [0.5, 0.6) is 0 Å². The second kappa shape index (κ2) is 5.07. The van der Waals surface area contributed by atoms with Crippen LogP contribution < -0.4 is 5.73 Å². The molecule has 0 atom stereocenters. The molecule has 0 fully saturated rings. The Hall–Kier alpha value is -1.43. The number of anilines is 1. The molecule has 0 bridgehead atoms.